The highest BCUT2D eigenvalue weighted by atomic mass is 32.2. The second kappa shape index (κ2) is 6.68. The number of rotatable bonds is 6. The Morgan fingerprint density at radius 1 is 1.19 bits per heavy atom. The Morgan fingerprint density at radius 3 is 2.33 bits per heavy atom. The molecule has 1 aromatic rings. The first-order valence-electron chi connectivity index (χ1n) is 6.30. The summed E-state index contributed by atoms with van der Waals surface area (Å²) in [7, 11) is -3.95. The fraction of sp³-hybridized carbons (Fsp3) is 0.385. The number of carbonyl (C=O) groups is 2. The number of benzene rings is 1. The number of amides is 1. The maximum atomic E-state index is 12.2. The van der Waals surface area contributed by atoms with Crippen molar-refractivity contribution < 1.29 is 23.1 Å². The first-order valence-corrected chi connectivity index (χ1v) is 7.78. The second-order valence-electron chi connectivity index (χ2n) is 4.52. The molecule has 0 aliphatic carbocycles. The van der Waals surface area contributed by atoms with Crippen molar-refractivity contribution in [1.29, 1.82) is 0 Å². The number of carboxylic acid groups (broad SMARTS) is 1. The van der Waals surface area contributed by atoms with E-state index in [2.05, 4.69) is 10.0 Å². The highest BCUT2D eigenvalue weighted by Gasteiger charge is 2.21. The predicted octanol–water partition coefficient (Wildman–Crippen LogP) is 0.416. The highest BCUT2D eigenvalue weighted by Crippen LogP contribution is 2.20. The van der Waals surface area contributed by atoms with E-state index in [9.17, 15) is 18.0 Å². The van der Waals surface area contributed by atoms with Gasteiger partial charge in [0.05, 0.1) is 17.0 Å². The minimum Gasteiger partial charge on any atom is -0.478 e. The summed E-state index contributed by atoms with van der Waals surface area (Å²) in [6, 6.07) is 2.59. The average Bonchev–Trinajstić information content (AvgIpc) is 2.36. The van der Waals surface area contributed by atoms with Crippen LogP contribution in [0.5, 0.6) is 0 Å². The van der Waals surface area contributed by atoms with Crippen LogP contribution in [0.1, 0.15) is 28.4 Å². The summed E-state index contributed by atoms with van der Waals surface area (Å²) in [6.07, 6.45) is 0. The maximum absolute atomic E-state index is 12.2. The van der Waals surface area contributed by atoms with Crippen molar-refractivity contribution in [3.63, 3.8) is 0 Å². The molecule has 1 amide bonds. The molecule has 0 bridgehead atoms. The van der Waals surface area contributed by atoms with Gasteiger partial charge in [-0.3, -0.25) is 4.79 Å². The van der Waals surface area contributed by atoms with Gasteiger partial charge >= 0.3 is 5.97 Å². The number of nitrogens with one attached hydrogen (secondary N) is 2. The van der Waals surface area contributed by atoms with E-state index in [0.29, 0.717) is 17.7 Å². The lowest BCUT2D eigenvalue weighted by Crippen LogP contribution is -2.37. The molecule has 0 aliphatic heterocycles. The van der Waals surface area contributed by atoms with E-state index in [1.807, 2.05) is 0 Å². The number of hydrogen-bond donors (Lipinski definition) is 3. The third kappa shape index (κ3) is 4.27. The fourth-order valence-electron chi connectivity index (χ4n) is 1.85. The van der Waals surface area contributed by atoms with E-state index in [0.717, 1.165) is 6.07 Å². The largest absolute Gasteiger partial charge is 0.478 e. The molecule has 0 unspecified atom stereocenters. The third-order valence-corrected chi connectivity index (χ3v) is 4.38. The van der Waals surface area contributed by atoms with Crippen molar-refractivity contribution in [1.82, 2.24) is 10.0 Å². The number of carbonyl (C=O) groups excluding carboxylic acids is 1. The number of hydrogen-bond acceptors (Lipinski definition) is 4. The van der Waals surface area contributed by atoms with Crippen LogP contribution in [0.4, 0.5) is 0 Å². The zero-order valence-corrected chi connectivity index (χ0v) is 12.9. The Labute approximate surface area is 123 Å². The molecule has 1 rings (SSSR count). The number of aromatic carboxylic acids is 1. The molecular weight excluding hydrogens is 296 g/mol. The molecule has 0 radical (unpaired) electrons. The molecule has 3 N–H and O–H groups in total. The summed E-state index contributed by atoms with van der Waals surface area (Å²) in [5.41, 5.74) is 0.808. The van der Waals surface area contributed by atoms with E-state index < -0.39 is 28.4 Å². The third-order valence-electron chi connectivity index (χ3n) is 2.84. The summed E-state index contributed by atoms with van der Waals surface area (Å²) in [4.78, 5) is 22.2. The smallest absolute Gasteiger partial charge is 0.335 e. The van der Waals surface area contributed by atoms with Crippen molar-refractivity contribution in [2.24, 2.45) is 0 Å². The first-order chi connectivity index (χ1) is 9.69. The monoisotopic (exact) mass is 314 g/mol. The molecule has 0 saturated heterocycles. The molecule has 7 nitrogen and oxygen atoms in total. The van der Waals surface area contributed by atoms with Crippen molar-refractivity contribution >= 4 is 21.9 Å². The lowest BCUT2D eigenvalue weighted by Gasteiger charge is -2.11. The van der Waals surface area contributed by atoms with Crippen LogP contribution < -0.4 is 10.0 Å². The van der Waals surface area contributed by atoms with Gasteiger partial charge in [0.1, 0.15) is 0 Å². The molecule has 0 aliphatic rings. The van der Waals surface area contributed by atoms with Crippen molar-refractivity contribution in [2.45, 2.75) is 25.7 Å². The van der Waals surface area contributed by atoms with Crippen molar-refractivity contribution in [3.05, 3.63) is 28.8 Å². The molecular formula is C13H18N2O5S. The van der Waals surface area contributed by atoms with Crippen LogP contribution >= 0.6 is 0 Å². The molecule has 8 heteroatoms. The van der Waals surface area contributed by atoms with Gasteiger partial charge in [-0.25, -0.2) is 17.9 Å². The van der Waals surface area contributed by atoms with E-state index in [1.54, 1.807) is 20.8 Å². The van der Waals surface area contributed by atoms with Gasteiger partial charge in [-0.05, 0) is 38.0 Å². The van der Waals surface area contributed by atoms with E-state index >= 15 is 0 Å². The number of likely N-dealkylation sites (N-methyl/N-ethyl adjacent to an activating group) is 1. The van der Waals surface area contributed by atoms with Gasteiger partial charge in [-0.2, -0.15) is 0 Å². The quantitative estimate of drug-likeness (QED) is 0.704. The van der Waals surface area contributed by atoms with Gasteiger partial charge in [0.15, 0.2) is 0 Å². The predicted molar refractivity (Wildman–Crippen MR) is 76.7 cm³/mol. The van der Waals surface area contributed by atoms with Gasteiger partial charge in [0, 0.05) is 6.54 Å². The maximum Gasteiger partial charge on any atom is 0.335 e. The van der Waals surface area contributed by atoms with E-state index in [4.69, 9.17) is 5.11 Å². The molecule has 1 aromatic carbocycles. The SMILES string of the molecule is CCNC(=O)CNS(=O)(=O)c1cc(C(=O)O)c(C)cc1C. The topological polar surface area (TPSA) is 113 Å². The van der Waals surface area contributed by atoms with Gasteiger partial charge in [0.2, 0.25) is 15.9 Å². The van der Waals surface area contributed by atoms with Gasteiger partial charge in [-0.15, -0.1) is 0 Å². The summed E-state index contributed by atoms with van der Waals surface area (Å²) in [6.45, 7) is 4.88. The summed E-state index contributed by atoms with van der Waals surface area (Å²) in [5.74, 6) is -1.66. The van der Waals surface area contributed by atoms with Crippen LogP contribution in [0.25, 0.3) is 0 Å². The zero-order valence-electron chi connectivity index (χ0n) is 12.1. The van der Waals surface area contributed by atoms with E-state index in [1.165, 1.54) is 6.07 Å². The van der Waals surface area contributed by atoms with Crippen LogP contribution in [0, 0.1) is 13.8 Å². The van der Waals surface area contributed by atoms with Gasteiger partial charge in [0.25, 0.3) is 0 Å². The molecule has 21 heavy (non-hydrogen) atoms. The average molecular weight is 314 g/mol. The lowest BCUT2D eigenvalue weighted by atomic mass is 10.1. The molecule has 116 valence electrons. The summed E-state index contributed by atoms with van der Waals surface area (Å²) >= 11 is 0. The normalized spacial score (nSPS) is 11.2. The Kier molecular flexibility index (Phi) is 5.45. The van der Waals surface area contributed by atoms with Crippen LogP contribution in [-0.2, 0) is 14.8 Å². The van der Waals surface area contributed by atoms with Crippen molar-refractivity contribution in [3.8, 4) is 0 Å². The number of carboxylic acids is 1. The molecule has 0 saturated carbocycles. The Bertz CT molecular complexity index is 667. The summed E-state index contributed by atoms with van der Waals surface area (Å²) < 4.78 is 26.5. The standard InChI is InChI=1S/C13H18N2O5S/c1-4-14-12(16)7-15-21(19,20)11-6-10(13(17)18)8(2)5-9(11)3/h5-6,15H,4,7H2,1-3H3,(H,14,16)(H,17,18). The van der Waals surface area contributed by atoms with Crippen LogP contribution in [0.15, 0.2) is 17.0 Å². The van der Waals surface area contributed by atoms with Crippen molar-refractivity contribution in [2.75, 3.05) is 13.1 Å². The van der Waals surface area contributed by atoms with Gasteiger partial charge in [-0.1, -0.05) is 6.07 Å². The second-order valence-corrected chi connectivity index (χ2v) is 6.25. The minimum atomic E-state index is -3.95. The Hall–Kier alpha value is -1.93. The lowest BCUT2D eigenvalue weighted by molar-refractivity contribution is -0.119. The van der Waals surface area contributed by atoms with Crippen LogP contribution in [0.3, 0.4) is 0 Å². The van der Waals surface area contributed by atoms with E-state index in [-0.39, 0.29) is 10.5 Å². The van der Waals surface area contributed by atoms with Crippen LogP contribution in [0.2, 0.25) is 0 Å². The van der Waals surface area contributed by atoms with Gasteiger partial charge < -0.3 is 10.4 Å². The highest BCUT2D eigenvalue weighted by molar-refractivity contribution is 7.89. The first kappa shape index (κ1) is 17.1. The summed E-state index contributed by atoms with van der Waals surface area (Å²) in [5, 5.41) is 11.5. The fourth-order valence-corrected chi connectivity index (χ4v) is 3.08. The molecule has 0 atom stereocenters. The Balaban J connectivity index is 3.11. The van der Waals surface area contributed by atoms with Crippen LogP contribution in [-0.4, -0.2) is 38.5 Å². The molecule has 0 spiro atoms. The Morgan fingerprint density at radius 2 is 1.81 bits per heavy atom. The zero-order chi connectivity index (χ0) is 16.2. The number of aryl methyl sites for hydroxylation is 2. The molecule has 0 aromatic heterocycles. The molecule has 0 heterocycles. The number of sulfonamides is 1. The molecule has 0 fully saturated rings. The minimum absolute atomic E-state index is 0.0843.